The highest BCUT2D eigenvalue weighted by molar-refractivity contribution is 6.02. The fourth-order valence-electron chi connectivity index (χ4n) is 3.08. The van der Waals surface area contributed by atoms with Gasteiger partial charge >= 0.3 is 6.18 Å². The molecule has 3 aromatic heterocycles. The topological polar surface area (TPSA) is 95.0 Å². The highest BCUT2D eigenvalue weighted by Crippen LogP contribution is 2.32. The molecular formula is C20H16F3N5O3. The van der Waals surface area contributed by atoms with E-state index < -0.39 is 17.6 Å². The van der Waals surface area contributed by atoms with E-state index in [2.05, 4.69) is 15.4 Å². The Bertz CT molecular complexity index is 1310. The standard InChI is InChI=1S/C20H16F3N5O3/c1-2-28-17(29)8-6-14(26-28)18(30)25-19-24-15-10-12(20(21,22)23)5-7-16(15)27(19)11-13-4-3-9-31-13/h3-10H,2,11H2,1H3,(H,24,25,30). The molecule has 4 aromatic rings. The number of fused-ring (bicyclic) bond motifs is 1. The van der Waals surface area contributed by atoms with Crippen molar-refractivity contribution in [3.05, 3.63) is 76.1 Å². The number of aryl methyl sites for hydroxylation is 1. The molecule has 31 heavy (non-hydrogen) atoms. The molecule has 1 amide bonds. The van der Waals surface area contributed by atoms with Crippen LogP contribution in [0.5, 0.6) is 0 Å². The van der Waals surface area contributed by atoms with Crippen LogP contribution in [0.25, 0.3) is 11.0 Å². The number of nitrogens with one attached hydrogen (secondary N) is 1. The fraction of sp³-hybridized carbons (Fsp3) is 0.200. The predicted molar refractivity (Wildman–Crippen MR) is 105 cm³/mol. The zero-order chi connectivity index (χ0) is 22.2. The van der Waals surface area contributed by atoms with Crippen LogP contribution in [0.15, 0.2) is 57.9 Å². The molecule has 0 aliphatic heterocycles. The lowest BCUT2D eigenvalue weighted by Crippen LogP contribution is -2.26. The number of hydrogen-bond donors (Lipinski definition) is 1. The van der Waals surface area contributed by atoms with E-state index in [0.29, 0.717) is 11.3 Å². The predicted octanol–water partition coefficient (Wildman–Crippen LogP) is 3.53. The maximum atomic E-state index is 13.1. The van der Waals surface area contributed by atoms with Gasteiger partial charge in [0.1, 0.15) is 11.5 Å². The van der Waals surface area contributed by atoms with Gasteiger partial charge < -0.3 is 8.98 Å². The number of furan rings is 1. The maximum absolute atomic E-state index is 13.1. The van der Waals surface area contributed by atoms with Crippen LogP contribution < -0.4 is 10.9 Å². The lowest BCUT2D eigenvalue weighted by atomic mass is 10.2. The summed E-state index contributed by atoms with van der Waals surface area (Å²) in [6, 6.07) is 9.01. The molecule has 0 bridgehead atoms. The number of halogens is 3. The number of rotatable bonds is 5. The van der Waals surface area contributed by atoms with Crippen molar-refractivity contribution in [3.8, 4) is 0 Å². The quantitative estimate of drug-likeness (QED) is 0.522. The number of imidazole rings is 1. The van der Waals surface area contributed by atoms with Crippen molar-refractivity contribution in [2.24, 2.45) is 0 Å². The van der Waals surface area contributed by atoms with Gasteiger partial charge in [-0.05, 0) is 43.3 Å². The van der Waals surface area contributed by atoms with E-state index in [9.17, 15) is 22.8 Å². The Hall–Kier alpha value is -3.89. The van der Waals surface area contributed by atoms with Gasteiger partial charge in [-0.2, -0.15) is 18.3 Å². The van der Waals surface area contributed by atoms with E-state index >= 15 is 0 Å². The number of alkyl halides is 3. The molecule has 0 aliphatic rings. The second-order valence-electron chi connectivity index (χ2n) is 6.63. The van der Waals surface area contributed by atoms with Crippen LogP contribution in [0, 0.1) is 0 Å². The molecule has 0 unspecified atom stereocenters. The summed E-state index contributed by atoms with van der Waals surface area (Å²) in [6.45, 7) is 2.11. The van der Waals surface area contributed by atoms with E-state index in [4.69, 9.17) is 4.42 Å². The summed E-state index contributed by atoms with van der Waals surface area (Å²) in [7, 11) is 0. The van der Waals surface area contributed by atoms with Crippen LogP contribution in [0.2, 0.25) is 0 Å². The lowest BCUT2D eigenvalue weighted by Gasteiger charge is -2.10. The molecule has 0 fully saturated rings. The molecule has 0 aliphatic carbocycles. The summed E-state index contributed by atoms with van der Waals surface area (Å²) < 4.78 is 47.3. The zero-order valence-electron chi connectivity index (χ0n) is 16.2. The van der Waals surface area contributed by atoms with Crippen molar-refractivity contribution in [3.63, 3.8) is 0 Å². The van der Waals surface area contributed by atoms with Gasteiger partial charge in [-0.3, -0.25) is 14.9 Å². The van der Waals surface area contributed by atoms with E-state index in [1.807, 2.05) is 0 Å². The van der Waals surface area contributed by atoms with Crippen LogP contribution in [-0.4, -0.2) is 25.2 Å². The Balaban J connectivity index is 1.76. The molecule has 0 radical (unpaired) electrons. The lowest BCUT2D eigenvalue weighted by molar-refractivity contribution is -0.137. The van der Waals surface area contributed by atoms with Gasteiger partial charge in [0.2, 0.25) is 5.95 Å². The fourth-order valence-corrected chi connectivity index (χ4v) is 3.08. The minimum absolute atomic E-state index is 0.0202. The average molecular weight is 431 g/mol. The monoisotopic (exact) mass is 431 g/mol. The Labute approximate surface area is 172 Å². The number of carbonyl (C=O) groups excluding carboxylic acids is 1. The molecule has 0 saturated heterocycles. The van der Waals surface area contributed by atoms with Gasteiger partial charge in [-0.1, -0.05) is 0 Å². The third-order valence-corrected chi connectivity index (χ3v) is 4.59. The zero-order valence-corrected chi connectivity index (χ0v) is 16.2. The number of aromatic nitrogens is 4. The SMILES string of the molecule is CCn1nc(C(=O)Nc2nc3cc(C(F)(F)F)ccc3n2Cc2ccco2)ccc1=O. The first-order chi connectivity index (χ1) is 14.8. The first-order valence-corrected chi connectivity index (χ1v) is 9.25. The Morgan fingerprint density at radius 2 is 2.00 bits per heavy atom. The minimum atomic E-state index is -4.53. The molecule has 1 N–H and O–H groups in total. The van der Waals surface area contributed by atoms with E-state index in [0.717, 1.165) is 16.8 Å². The molecular weight excluding hydrogens is 415 g/mol. The smallest absolute Gasteiger partial charge is 0.416 e. The van der Waals surface area contributed by atoms with Gasteiger partial charge in [-0.15, -0.1) is 0 Å². The summed E-state index contributed by atoms with van der Waals surface area (Å²) >= 11 is 0. The Morgan fingerprint density at radius 1 is 1.19 bits per heavy atom. The molecule has 11 heteroatoms. The number of benzene rings is 1. The second-order valence-corrected chi connectivity index (χ2v) is 6.63. The first-order valence-electron chi connectivity index (χ1n) is 9.25. The van der Waals surface area contributed by atoms with Crippen LogP contribution in [0.4, 0.5) is 19.1 Å². The molecule has 0 saturated carbocycles. The Kier molecular flexibility index (Phi) is 5.09. The van der Waals surface area contributed by atoms with Crippen LogP contribution in [0.3, 0.4) is 0 Å². The first kappa shape index (κ1) is 20.4. The highest BCUT2D eigenvalue weighted by Gasteiger charge is 2.31. The van der Waals surface area contributed by atoms with Crippen molar-refractivity contribution >= 4 is 22.9 Å². The molecule has 8 nitrogen and oxygen atoms in total. The van der Waals surface area contributed by atoms with Crippen molar-refractivity contribution in [1.82, 2.24) is 19.3 Å². The summed E-state index contributed by atoms with van der Waals surface area (Å²) in [5.74, 6) is -0.117. The van der Waals surface area contributed by atoms with Crippen LogP contribution in [-0.2, 0) is 19.3 Å². The number of nitrogens with zero attached hydrogens (tertiary/aromatic N) is 4. The molecule has 160 valence electrons. The molecule has 4 rings (SSSR count). The maximum Gasteiger partial charge on any atom is 0.416 e. The molecule has 0 spiro atoms. The van der Waals surface area contributed by atoms with E-state index in [-0.39, 0.29) is 35.8 Å². The van der Waals surface area contributed by atoms with Crippen LogP contribution >= 0.6 is 0 Å². The summed E-state index contributed by atoms with van der Waals surface area (Å²) in [4.78, 5) is 28.6. The summed E-state index contributed by atoms with van der Waals surface area (Å²) in [5.41, 5.74) is -0.801. The molecule has 0 atom stereocenters. The normalized spacial score (nSPS) is 11.7. The number of anilines is 1. The third-order valence-electron chi connectivity index (χ3n) is 4.59. The molecule has 3 heterocycles. The van der Waals surface area contributed by atoms with Gasteiger partial charge in [0, 0.05) is 12.6 Å². The number of hydrogen-bond acceptors (Lipinski definition) is 5. The second kappa shape index (κ2) is 7.74. The van der Waals surface area contributed by atoms with Crippen molar-refractivity contribution < 1.29 is 22.4 Å². The van der Waals surface area contributed by atoms with Crippen LogP contribution in [0.1, 0.15) is 28.7 Å². The van der Waals surface area contributed by atoms with E-state index in [1.165, 1.54) is 29.0 Å². The summed E-state index contributed by atoms with van der Waals surface area (Å²) in [5, 5.41) is 6.55. The summed E-state index contributed by atoms with van der Waals surface area (Å²) in [6.07, 6.45) is -3.06. The largest absolute Gasteiger partial charge is 0.467 e. The average Bonchev–Trinajstić information content (AvgIpc) is 3.36. The highest BCUT2D eigenvalue weighted by atomic mass is 19.4. The van der Waals surface area contributed by atoms with Gasteiger partial charge in [0.05, 0.1) is 29.4 Å². The van der Waals surface area contributed by atoms with Crippen molar-refractivity contribution in [2.75, 3.05) is 5.32 Å². The number of amides is 1. The molecule has 1 aromatic carbocycles. The Morgan fingerprint density at radius 3 is 2.68 bits per heavy atom. The van der Waals surface area contributed by atoms with Crippen molar-refractivity contribution in [1.29, 1.82) is 0 Å². The van der Waals surface area contributed by atoms with Gasteiger partial charge in [0.15, 0.2) is 0 Å². The van der Waals surface area contributed by atoms with Gasteiger partial charge in [-0.25, -0.2) is 9.67 Å². The number of carbonyl (C=O) groups is 1. The van der Waals surface area contributed by atoms with Gasteiger partial charge in [0.25, 0.3) is 11.5 Å². The van der Waals surface area contributed by atoms with Crippen molar-refractivity contribution in [2.45, 2.75) is 26.2 Å². The van der Waals surface area contributed by atoms with E-state index in [1.54, 1.807) is 19.1 Å². The third kappa shape index (κ3) is 4.06. The minimum Gasteiger partial charge on any atom is -0.467 e.